The molecule has 0 aliphatic carbocycles. The summed E-state index contributed by atoms with van der Waals surface area (Å²) < 4.78 is 16.9. The van der Waals surface area contributed by atoms with Crippen molar-refractivity contribution >= 4 is 37.6 Å². The average Bonchev–Trinajstić information content (AvgIpc) is 3.25. The molecule has 0 aliphatic heterocycles. The Morgan fingerprint density at radius 3 is 0.540 bits per heavy atom. The molecule has 0 spiro atoms. The first-order valence-electron chi connectivity index (χ1n) is 24.5. The van der Waals surface area contributed by atoms with Gasteiger partial charge >= 0.3 is 397 Å². The Hall–Kier alpha value is -3.12. The van der Waals surface area contributed by atoms with Crippen molar-refractivity contribution in [3.63, 3.8) is 0 Å². The number of rotatable bonds is 26. The molecule has 3 heteroatoms. The molecule has 0 amide bonds. The Kier molecular flexibility index (Phi) is 20.0. The Morgan fingerprint density at radius 1 is 0.254 bits per heavy atom. The Morgan fingerprint density at radius 2 is 0.397 bits per heavy atom. The quantitative estimate of drug-likeness (QED) is 0.0492. The summed E-state index contributed by atoms with van der Waals surface area (Å²) in [5.74, 6) is 3.45. The van der Waals surface area contributed by atoms with Gasteiger partial charge in [0.15, 0.2) is 0 Å². The van der Waals surface area contributed by atoms with E-state index in [-0.39, 0.29) is 0 Å². The van der Waals surface area contributed by atoms with E-state index in [1.165, 1.54) is 60.0 Å². The average molecular weight is 1050 g/mol. The molecule has 0 aliphatic rings. The second-order valence-corrected chi connectivity index (χ2v) is 45.4. The van der Waals surface area contributed by atoms with Crippen molar-refractivity contribution in [2.45, 2.75) is 107 Å². The summed E-state index contributed by atoms with van der Waals surface area (Å²) in [6, 6.07) is 68.1. The van der Waals surface area contributed by atoms with E-state index in [0.29, 0.717) is 35.5 Å². The second kappa shape index (κ2) is 25.5. The number of hydrogen-bond acceptors (Lipinski definition) is 1. The first-order valence-corrected chi connectivity index (χ1v) is 38.9. The monoisotopic (exact) mass is 1050 g/mol. The maximum absolute atomic E-state index is 9.10. The van der Waals surface area contributed by atoms with Gasteiger partial charge in [0.1, 0.15) is 0 Å². The topological polar surface area (TPSA) is 9.23 Å². The van der Waals surface area contributed by atoms with E-state index in [2.05, 4.69) is 224 Å². The van der Waals surface area contributed by atoms with Gasteiger partial charge in [-0.3, -0.25) is 0 Å². The molecule has 1 nitrogen and oxygen atoms in total. The van der Waals surface area contributed by atoms with E-state index in [9.17, 15) is 0 Å². The molecule has 6 unspecified atom stereocenters. The molecular formula is C60H78OSn2. The zero-order chi connectivity index (χ0) is 44.3. The van der Waals surface area contributed by atoms with Crippen LogP contribution in [0.1, 0.15) is 74.9 Å². The van der Waals surface area contributed by atoms with Gasteiger partial charge in [0.2, 0.25) is 0 Å². The normalized spacial score (nSPS) is 16.5. The number of hydrogen-bond donors (Lipinski definition) is 0. The first kappa shape index (κ1) is 49.3. The van der Waals surface area contributed by atoms with Crippen molar-refractivity contribution in [1.29, 1.82) is 0 Å². The van der Waals surface area contributed by atoms with Crippen LogP contribution < -0.4 is 0 Å². The Labute approximate surface area is 393 Å². The SMILES string of the molecule is CC(Cc1ccccc1)[CH2][Sn]([CH2]C(C)Cc1ccccc1)([CH2]C(C)Cc1ccccc1)[O][Sn]([CH2]C(C)Cc1ccccc1)([CH2]C(C)Cc1ccccc1)[CH2]C(C)Cc1ccccc1. The van der Waals surface area contributed by atoms with Crippen molar-refractivity contribution in [2.24, 2.45) is 35.5 Å². The van der Waals surface area contributed by atoms with Crippen molar-refractivity contribution in [2.75, 3.05) is 0 Å². The van der Waals surface area contributed by atoms with E-state index in [1.54, 1.807) is 0 Å². The van der Waals surface area contributed by atoms with Crippen LogP contribution in [-0.2, 0) is 39.9 Å². The first-order chi connectivity index (χ1) is 30.5. The minimum atomic E-state index is -3.61. The third-order valence-corrected chi connectivity index (χ3v) is 57.0. The molecule has 0 saturated carbocycles. The van der Waals surface area contributed by atoms with Gasteiger partial charge in [-0.1, -0.05) is 0 Å². The fourth-order valence-corrected chi connectivity index (χ4v) is 69.8. The molecule has 0 N–H and O–H groups in total. The molecule has 0 heterocycles. The summed E-state index contributed by atoms with van der Waals surface area (Å²) in [4.78, 5) is 0. The zero-order valence-electron chi connectivity index (χ0n) is 39.7. The molecule has 0 bridgehead atoms. The van der Waals surface area contributed by atoms with Crippen LogP contribution in [-0.4, -0.2) is 37.6 Å². The van der Waals surface area contributed by atoms with Crippen LogP contribution in [0.5, 0.6) is 0 Å². The molecular weight excluding hydrogens is 974 g/mol. The molecule has 6 aromatic rings. The van der Waals surface area contributed by atoms with Gasteiger partial charge in [0.05, 0.1) is 0 Å². The fraction of sp³-hybridized carbons (Fsp3) is 0.400. The molecule has 63 heavy (non-hydrogen) atoms. The molecule has 0 radical (unpaired) electrons. The van der Waals surface area contributed by atoms with E-state index >= 15 is 0 Å². The van der Waals surface area contributed by atoms with Gasteiger partial charge in [-0.2, -0.15) is 0 Å². The van der Waals surface area contributed by atoms with Gasteiger partial charge in [-0.15, -0.1) is 0 Å². The van der Waals surface area contributed by atoms with Crippen LogP contribution in [0.15, 0.2) is 182 Å². The van der Waals surface area contributed by atoms with Crippen molar-refractivity contribution in [1.82, 2.24) is 0 Å². The van der Waals surface area contributed by atoms with E-state index < -0.39 is 37.6 Å². The molecule has 0 fully saturated rings. The van der Waals surface area contributed by atoms with Crippen molar-refractivity contribution < 1.29 is 1.41 Å². The summed E-state index contributed by atoms with van der Waals surface area (Å²) in [5, 5.41) is 0. The minimum absolute atomic E-state index is 0.574. The van der Waals surface area contributed by atoms with E-state index in [0.717, 1.165) is 38.5 Å². The summed E-state index contributed by atoms with van der Waals surface area (Å²) in [6.45, 7) is 15.5. The van der Waals surface area contributed by atoms with Crippen molar-refractivity contribution in [3.8, 4) is 0 Å². The van der Waals surface area contributed by atoms with Crippen LogP contribution in [0, 0.1) is 35.5 Å². The molecule has 0 aromatic heterocycles. The van der Waals surface area contributed by atoms with Crippen LogP contribution >= 0.6 is 0 Å². The zero-order valence-corrected chi connectivity index (χ0v) is 45.4. The molecule has 332 valence electrons. The van der Waals surface area contributed by atoms with Crippen LogP contribution in [0.2, 0.25) is 26.6 Å². The molecule has 6 atom stereocenters. The van der Waals surface area contributed by atoms with Crippen molar-refractivity contribution in [3.05, 3.63) is 215 Å². The van der Waals surface area contributed by atoms with Crippen LogP contribution in [0.3, 0.4) is 0 Å². The fourth-order valence-electron chi connectivity index (χ4n) is 11.6. The van der Waals surface area contributed by atoms with Gasteiger partial charge in [-0.25, -0.2) is 0 Å². The Balaban J connectivity index is 1.47. The number of benzene rings is 6. The molecule has 6 aromatic carbocycles. The van der Waals surface area contributed by atoms with Gasteiger partial charge in [-0.05, 0) is 0 Å². The van der Waals surface area contributed by atoms with Gasteiger partial charge in [0.25, 0.3) is 0 Å². The third-order valence-electron chi connectivity index (χ3n) is 13.3. The van der Waals surface area contributed by atoms with Crippen LogP contribution in [0.4, 0.5) is 0 Å². The summed E-state index contributed by atoms with van der Waals surface area (Å²) in [6.07, 6.45) is 6.78. The predicted molar refractivity (Wildman–Crippen MR) is 277 cm³/mol. The van der Waals surface area contributed by atoms with Gasteiger partial charge in [0, 0.05) is 0 Å². The molecule has 6 rings (SSSR count). The van der Waals surface area contributed by atoms with E-state index in [4.69, 9.17) is 1.41 Å². The Bertz CT molecular complexity index is 1710. The summed E-state index contributed by atoms with van der Waals surface area (Å²) in [7, 11) is 0. The molecule has 0 saturated heterocycles. The van der Waals surface area contributed by atoms with Crippen LogP contribution in [0.25, 0.3) is 0 Å². The summed E-state index contributed by atoms with van der Waals surface area (Å²) >= 11 is -7.21. The maximum atomic E-state index is 9.10. The predicted octanol–water partition coefficient (Wildman–Crippen LogP) is 16.2. The van der Waals surface area contributed by atoms with E-state index in [1.807, 2.05) is 0 Å². The second-order valence-electron chi connectivity index (χ2n) is 20.5. The van der Waals surface area contributed by atoms with Gasteiger partial charge < -0.3 is 0 Å². The standard InChI is InChI=1S/6C10H13.O.2Sn/c6*1-9(2)8-10-6-4-3-5-7-10;;;/h6*3-7,9H,1,8H2,2H3;;;. The summed E-state index contributed by atoms with van der Waals surface area (Å²) in [5.41, 5.74) is 8.83. The third kappa shape index (κ3) is 17.3.